The molecule has 728 valence electrons. The van der Waals surface area contributed by atoms with Gasteiger partial charge in [-0.3, -0.25) is 37.2 Å². The summed E-state index contributed by atoms with van der Waals surface area (Å²) in [6, 6.07) is 0. The second-order valence-corrected chi connectivity index (χ2v) is 38.5. The summed E-state index contributed by atoms with van der Waals surface area (Å²) in [6.45, 7) is -0.402. The summed E-state index contributed by atoms with van der Waals surface area (Å²) in [6.07, 6.45) is -13.9. The summed E-state index contributed by atoms with van der Waals surface area (Å²) >= 11 is 0. The Hall–Kier alpha value is -1.32. The number of Topliss-reactive ketones (excluding diaryl/α,β-unsaturated/α-hetero) is 3. The third-order valence-corrected chi connectivity index (χ3v) is 26.4. The lowest BCUT2D eigenvalue weighted by Crippen LogP contribution is -2.55. The lowest BCUT2D eigenvalue weighted by molar-refractivity contribution is -0.280. The average molecular weight is 1900 g/mol. The van der Waals surface area contributed by atoms with Gasteiger partial charge in [0.15, 0.2) is 55.1 Å². The number of hydrogen-bond acceptors (Lipinski definition) is 45. The molecule has 0 radical (unpaired) electrons. The molecule has 6 rings (SSSR count). The normalized spacial score (nSPS) is 33.0. The number of ether oxygens (including phenoxy) is 13. The van der Waals surface area contributed by atoms with Crippen LogP contribution in [0.2, 0.25) is 0 Å². The second-order valence-electron chi connectivity index (χ2n) is 31.5. The predicted octanol–water partition coefficient (Wildman–Crippen LogP) is 1.08. The van der Waals surface area contributed by atoms with E-state index in [2.05, 4.69) is 0 Å². The second kappa shape index (κ2) is 58.1. The Kier molecular flexibility index (Phi) is 52.2. The van der Waals surface area contributed by atoms with Gasteiger partial charge in [-0.2, -0.15) is 0 Å². The predicted molar refractivity (Wildman–Crippen MR) is 415 cm³/mol. The molecule has 14 unspecified atom stereocenters. The number of methoxy groups -OCH3 is 1. The van der Waals surface area contributed by atoms with Gasteiger partial charge < -0.3 is 177 Å². The number of aliphatic hydroxyl groups is 9. The molecule has 6 saturated heterocycles. The molecule has 0 aromatic carbocycles. The number of phosphoric acid groups is 5. The van der Waals surface area contributed by atoms with Crippen LogP contribution in [0.1, 0.15) is 182 Å². The Labute approximate surface area is 722 Å². The van der Waals surface area contributed by atoms with Crippen molar-refractivity contribution in [2.24, 2.45) is 23.7 Å². The molecule has 6 aliphatic rings. The highest BCUT2D eigenvalue weighted by Crippen LogP contribution is 2.49. The Morgan fingerprint density at radius 1 is 0.315 bits per heavy atom. The maximum Gasteiger partial charge on any atom is 0.268 e. The first-order valence-electron chi connectivity index (χ1n) is 42.5. The fourth-order valence-corrected chi connectivity index (χ4v) is 18.2. The number of ketones is 3. The van der Waals surface area contributed by atoms with Crippen molar-refractivity contribution in [3.05, 3.63) is 0 Å². The maximum absolute atomic E-state index is 13.3. The molecular weight excluding hydrogens is 1760 g/mol. The first-order valence-corrected chi connectivity index (χ1v) is 49.8. The van der Waals surface area contributed by atoms with Crippen LogP contribution in [0.25, 0.3) is 0 Å². The molecule has 29 atom stereocenters. The molecular formula is C74H132O45P5-5. The van der Waals surface area contributed by atoms with Gasteiger partial charge in [-0.05, 0) is 57.8 Å². The highest BCUT2D eigenvalue weighted by Gasteiger charge is 2.47. The van der Waals surface area contributed by atoms with Gasteiger partial charge >= 0.3 is 0 Å². The van der Waals surface area contributed by atoms with Crippen molar-refractivity contribution in [1.29, 1.82) is 0 Å². The van der Waals surface area contributed by atoms with E-state index in [1.807, 2.05) is 0 Å². The summed E-state index contributed by atoms with van der Waals surface area (Å²) in [7, 11) is -24.6. The first-order chi connectivity index (χ1) is 58.9. The van der Waals surface area contributed by atoms with Crippen molar-refractivity contribution in [2.45, 2.75) is 305 Å². The van der Waals surface area contributed by atoms with Crippen LogP contribution in [-0.4, -0.2) is 313 Å². The Bertz CT molecular complexity index is 3240. The fraction of sp³-hybridized carbons (Fsp3) is 0.959. The van der Waals surface area contributed by atoms with Crippen molar-refractivity contribution >= 4 is 56.5 Å². The highest BCUT2D eigenvalue weighted by atomic mass is 31.2. The molecule has 0 bridgehead atoms. The standard InChI is InChI=1S/C74H137O45P5/c1-48-58(39-75)115-72(49(2)67(48)82)101-42-52(78)24-15-9-6-12-18-28-98-64-36-55(81)61(112-64)45-109-120(87,88)105-32-22-34-107-123(93,94)119-57-38-66(100-30-20-14-8-11-17-26-54(80)44-103-74-51(4)69(84)71(86)60(41-77)117-74)114-63(57)47-111-122(91,92)106-33-23-35-108-124(95,96)118-56-37-65(113-62(56)46-110-121(89,90)104-31-21-27-97-5)99-29-19-13-7-10-16-25-53(79)43-102-73-50(3)68(83)70(85)59(40-76)116-73/h48-51,55-77,81-86H,6-47H2,1-5H3,(H,87,88)(H,89,90)(H,91,92)(H,93,94)(H,95,96)/p-5/t48-,49?,50?,51?,55+,56+,57+,58?,59?,60?,61?,62?,63?,64+,65+,66+,67-,68+,69+,70-,71-,72+,73+,74+/m0/s1. The van der Waals surface area contributed by atoms with E-state index in [4.69, 9.17) is 107 Å². The molecule has 9 N–H and O–H groups in total. The van der Waals surface area contributed by atoms with Crippen LogP contribution in [0.3, 0.4) is 0 Å². The number of hydrogen-bond donors (Lipinski definition) is 9. The van der Waals surface area contributed by atoms with Crippen molar-refractivity contribution in [1.82, 2.24) is 0 Å². The summed E-state index contributed by atoms with van der Waals surface area (Å²) in [4.78, 5) is 103. The molecule has 0 aliphatic carbocycles. The summed E-state index contributed by atoms with van der Waals surface area (Å²) in [5.41, 5.74) is 0. The van der Waals surface area contributed by atoms with Crippen molar-refractivity contribution in [3.8, 4) is 0 Å². The van der Waals surface area contributed by atoms with Crippen LogP contribution in [0, 0.1) is 23.7 Å². The van der Waals surface area contributed by atoms with Crippen LogP contribution in [0.5, 0.6) is 0 Å². The largest absolute Gasteiger partial charge is 0.756 e. The minimum Gasteiger partial charge on any atom is -0.756 e. The van der Waals surface area contributed by atoms with Crippen LogP contribution in [0.15, 0.2) is 0 Å². The average Bonchev–Trinajstić information content (AvgIpc) is 1.39. The van der Waals surface area contributed by atoms with Gasteiger partial charge in [0.25, 0.3) is 39.1 Å². The van der Waals surface area contributed by atoms with E-state index in [9.17, 15) is 108 Å². The molecule has 0 aromatic rings. The van der Waals surface area contributed by atoms with Gasteiger partial charge in [0.1, 0.15) is 62.5 Å². The molecule has 6 aliphatic heterocycles. The lowest BCUT2D eigenvalue weighted by Gasteiger charge is -2.41. The molecule has 45 nitrogen and oxygen atoms in total. The maximum atomic E-state index is 13.3. The number of unbranched alkanes of at least 4 members (excludes halogenated alkanes) is 12. The van der Waals surface area contributed by atoms with Gasteiger partial charge in [-0.15, -0.1) is 0 Å². The van der Waals surface area contributed by atoms with Crippen molar-refractivity contribution in [2.75, 3.05) is 126 Å². The Balaban J connectivity index is 0.899. The monoisotopic (exact) mass is 1900 g/mol. The molecule has 6 heterocycles. The van der Waals surface area contributed by atoms with Gasteiger partial charge in [0.2, 0.25) is 0 Å². The molecule has 50 heteroatoms. The minimum atomic E-state index is -5.35. The van der Waals surface area contributed by atoms with Gasteiger partial charge in [0, 0.05) is 95.7 Å². The number of rotatable bonds is 69. The van der Waals surface area contributed by atoms with E-state index >= 15 is 0 Å². The zero-order valence-electron chi connectivity index (χ0n) is 71.0. The molecule has 0 spiro atoms. The van der Waals surface area contributed by atoms with E-state index < -0.39 is 240 Å². The van der Waals surface area contributed by atoms with Gasteiger partial charge in [-0.25, -0.2) is 0 Å². The molecule has 124 heavy (non-hydrogen) atoms. The van der Waals surface area contributed by atoms with E-state index in [1.54, 1.807) is 27.7 Å². The van der Waals surface area contributed by atoms with Crippen LogP contribution < -0.4 is 24.5 Å². The topological polar surface area (TPSA) is 646 Å². The van der Waals surface area contributed by atoms with E-state index in [-0.39, 0.29) is 140 Å². The number of carbonyl (C=O) groups excluding carboxylic acids is 3. The van der Waals surface area contributed by atoms with Crippen molar-refractivity contribution in [3.63, 3.8) is 0 Å². The van der Waals surface area contributed by atoms with Crippen LogP contribution in [0.4, 0.5) is 0 Å². The zero-order chi connectivity index (χ0) is 91.1. The third-order valence-electron chi connectivity index (χ3n) is 21.5. The molecule has 0 amide bonds. The number of aliphatic hydroxyl groups excluding tert-OH is 9. The van der Waals surface area contributed by atoms with Crippen LogP contribution >= 0.6 is 39.1 Å². The highest BCUT2D eigenvalue weighted by molar-refractivity contribution is 7.47. The number of carbonyl (C=O) groups is 3. The first kappa shape index (κ1) is 111. The van der Waals surface area contributed by atoms with Crippen molar-refractivity contribution < 1.29 is 214 Å². The van der Waals surface area contributed by atoms with Crippen LogP contribution in [-0.2, 0) is 144 Å². The Morgan fingerprint density at radius 3 is 0.968 bits per heavy atom. The fourth-order valence-electron chi connectivity index (χ4n) is 14.0. The Morgan fingerprint density at radius 2 is 0.613 bits per heavy atom. The van der Waals surface area contributed by atoms with Gasteiger partial charge in [0.05, 0.1) is 115 Å². The molecule has 0 saturated carbocycles. The number of phosphoric ester groups is 5. The summed E-state index contributed by atoms with van der Waals surface area (Å²) in [5, 5.41) is 90.3. The quantitative estimate of drug-likeness (QED) is 0.0304. The smallest absolute Gasteiger partial charge is 0.268 e. The van der Waals surface area contributed by atoms with E-state index in [0.29, 0.717) is 77.0 Å². The SMILES string of the molecule is COCCCOP(=O)([O-])OCC1O[C@@H](OCCCCCCCC(=O)CO[C@@H]2OC(CO)[C@H](O)[C@H](O)C2C)C[C@H]1OP(=O)([O-])OCCCOP(=O)([O-])OCC1O[C@@H](OCCCCCCCC(=O)CO[C@@H]2OC(CO)[C@H](O)[C@H](O)C2C)C[C@H]1OP(=O)([O-])OCCCOP(=O)([O-])OCC1O[C@@H](OCCCCCCCC(=O)CO[C@@H]2OC(CO)[C@H](C)[C@H](O)C2C)C[C@H]1O. The third kappa shape index (κ3) is 41.7. The van der Waals surface area contributed by atoms with Gasteiger partial charge in [-0.1, -0.05) is 85.5 Å². The zero-order valence-corrected chi connectivity index (χ0v) is 75.5. The molecule has 6 fully saturated rings. The summed E-state index contributed by atoms with van der Waals surface area (Å²) < 4.78 is 188. The molecule has 0 aromatic heterocycles. The van der Waals surface area contributed by atoms with E-state index in [1.165, 1.54) is 7.11 Å². The van der Waals surface area contributed by atoms with E-state index in [0.717, 1.165) is 19.3 Å². The minimum absolute atomic E-state index is 0.0150. The lowest BCUT2D eigenvalue weighted by atomic mass is 9.86. The summed E-state index contributed by atoms with van der Waals surface area (Å²) in [5.74, 6) is -2.58.